The van der Waals surface area contributed by atoms with Gasteiger partial charge in [-0.05, 0) is 51.5 Å². The van der Waals surface area contributed by atoms with Gasteiger partial charge in [-0.3, -0.25) is 4.79 Å². The lowest BCUT2D eigenvalue weighted by atomic mass is 10.1. The van der Waals surface area contributed by atoms with E-state index in [9.17, 15) is 9.59 Å². The molecule has 22 heavy (non-hydrogen) atoms. The van der Waals surface area contributed by atoms with Crippen LogP contribution in [0.1, 0.15) is 39.7 Å². The Bertz CT molecular complexity index is 570. The molecule has 0 heterocycles. The highest BCUT2D eigenvalue weighted by Crippen LogP contribution is 2.18. The van der Waals surface area contributed by atoms with Gasteiger partial charge < -0.3 is 9.47 Å². The van der Waals surface area contributed by atoms with E-state index in [-0.39, 0.29) is 18.6 Å². The van der Waals surface area contributed by atoms with Gasteiger partial charge in [0.15, 0.2) is 0 Å². The van der Waals surface area contributed by atoms with Crippen LogP contribution in [0.5, 0.6) is 0 Å². The van der Waals surface area contributed by atoms with Crippen molar-refractivity contribution in [2.45, 2.75) is 39.7 Å². The number of hydrogen-bond donors (Lipinski definition) is 0. The molecule has 1 aromatic carbocycles. The maximum Gasteiger partial charge on any atom is 0.334 e. The molecule has 0 atom stereocenters. The van der Waals surface area contributed by atoms with E-state index in [0.717, 1.165) is 10.0 Å². The molecule has 0 N–H and O–H groups in total. The largest absolute Gasteiger partial charge is 0.463 e. The van der Waals surface area contributed by atoms with Crippen molar-refractivity contribution in [2.75, 3.05) is 6.61 Å². The summed E-state index contributed by atoms with van der Waals surface area (Å²) in [6.07, 6.45) is 1.52. The minimum Gasteiger partial charge on any atom is -0.463 e. The van der Waals surface area contributed by atoms with Crippen LogP contribution in [-0.2, 0) is 19.1 Å². The van der Waals surface area contributed by atoms with Gasteiger partial charge in [0.05, 0.1) is 13.0 Å². The van der Waals surface area contributed by atoms with Crippen molar-refractivity contribution in [2.24, 2.45) is 0 Å². The number of carbonyl (C=O) groups excluding carboxylic acids is 2. The Morgan fingerprint density at radius 3 is 2.50 bits per heavy atom. The molecule has 0 aliphatic rings. The second-order valence-corrected chi connectivity index (χ2v) is 6.62. The van der Waals surface area contributed by atoms with E-state index in [1.54, 1.807) is 33.8 Å². The molecule has 0 aliphatic heterocycles. The Labute approximate surface area is 139 Å². The molecule has 0 aliphatic carbocycles. The van der Waals surface area contributed by atoms with Crippen LogP contribution in [0.4, 0.5) is 0 Å². The summed E-state index contributed by atoms with van der Waals surface area (Å²) in [6.45, 7) is 7.33. The molecule has 0 saturated heterocycles. The van der Waals surface area contributed by atoms with Crippen LogP contribution in [0.3, 0.4) is 0 Å². The maximum absolute atomic E-state index is 12.0. The van der Waals surface area contributed by atoms with Crippen molar-refractivity contribution in [3.8, 4) is 0 Å². The first kappa shape index (κ1) is 18.4. The van der Waals surface area contributed by atoms with Crippen LogP contribution in [0.2, 0.25) is 0 Å². The van der Waals surface area contributed by atoms with Crippen LogP contribution in [0.15, 0.2) is 34.3 Å². The summed E-state index contributed by atoms with van der Waals surface area (Å²) in [5.41, 5.74) is 0.488. The molecule has 0 saturated carbocycles. The lowest BCUT2D eigenvalue weighted by Crippen LogP contribution is -2.25. The Morgan fingerprint density at radius 1 is 1.27 bits per heavy atom. The Morgan fingerprint density at radius 2 is 1.95 bits per heavy atom. The highest BCUT2D eigenvalue weighted by Gasteiger charge is 2.21. The van der Waals surface area contributed by atoms with Crippen molar-refractivity contribution in [3.05, 3.63) is 39.9 Å². The Balaban J connectivity index is 2.98. The number of rotatable bonds is 5. The van der Waals surface area contributed by atoms with Gasteiger partial charge in [0.2, 0.25) is 0 Å². The second kappa shape index (κ2) is 8.13. The number of esters is 2. The standard InChI is InChI=1S/C17H21BrO4/c1-5-21-16(20)13(11-15(19)22-17(2,3)4)9-12-7-6-8-14(18)10-12/h6-10H,5,11H2,1-4H3/b13-9+. The van der Waals surface area contributed by atoms with E-state index in [1.807, 2.05) is 24.3 Å². The number of halogens is 1. The average Bonchev–Trinajstić information content (AvgIpc) is 2.36. The summed E-state index contributed by atoms with van der Waals surface area (Å²) in [6, 6.07) is 7.44. The SMILES string of the molecule is CCOC(=O)/C(=C/c1cccc(Br)c1)CC(=O)OC(C)(C)C. The van der Waals surface area contributed by atoms with Crippen molar-refractivity contribution in [1.29, 1.82) is 0 Å². The van der Waals surface area contributed by atoms with Gasteiger partial charge in [0, 0.05) is 10.0 Å². The Kier molecular flexibility index (Phi) is 6.81. The highest BCUT2D eigenvalue weighted by molar-refractivity contribution is 9.10. The molecule has 1 rings (SSSR count). The summed E-state index contributed by atoms with van der Waals surface area (Å²) < 4.78 is 11.2. The summed E-state index contributed by atoms with van der Waals surface area (Å²) in [5.74, 6) is -0.963. The summed E-state index contributed by atoms with van der Waals surface area (Å²) in [7, 11) is 0. The predicted octanol–water partition coefficient (Wildman–Crippen LogP) is 4.13. The van der Waals surface area contributed by atoms with Gasteiger partial charge in [-0.2, -0.15) is 0 Å². The fourth-order valence-electron chi connectivity index (χ4n) is 1.74. The minimum absolute atomic E-state index is 0.122. The topological polar surface area (TPSA) is 52.6 Å². The zero-order valence-corrected chi connectivity index (χ0v) is 14.9. The van der Waals surface area contributed by atoms with E-state index in [1.165, 1.54) is 0 Å². The predicted molar refractivity (Wildman–Crippen MR) is 89.2 cm³/mol. The molecule has 0 bridgehead atoms. The third-order valence-corrected chi connectivity index (χ3v) is 2.98. The van der Waals surface area contributed by atoms with E-state index in [2.05, 4.69) is 15.9 Å². The molecule has 0 spiro atoms. The first-order chi connectivity index (χ1) is 10.2. The third kappa shape index (κ3) is 6.89. The van der Waals surface area contributed by atoms with Crippen molar-refractivity contribution in [3.63, 3.8) is 0 Å². The molecule has 0 unspecified atom stereocenters. The van der Waals surface area contributed by atoms with Gasteiger partial charge in [-0.1, -0.05) is 28.1 Å². The van der Waals surface area contributed by atoms with Gasteiger partial charge in [0.1, 0.15) is 5.60 Å². The summed E-state index contributed by atoms with van der Waals surface area (Å²) in [4.78, 5) is 24.0. The Hall–Kier alpha value is -1.62. The highest BCUT2D eigenvalue weighted by atomic mass is 79.9. The van der Waals surface area contributed by atoms with Gasteiger partial charge >= 0.3 is 11.9 Å². The molecule has 1 aromatic rings. The fourth-order valence-corrected chi connectivity index (χ4v) is 2.15. The molecule has 5 heteroatoms. The van der Waals surface area contributed by atoms with E-state index >= 15 is 0 Å². The molecular formula is C17H21BrO4. The van der Waals surface area contributed by atoms with Crippen molar-refractivity contribution < 1.29 is 19.1 Å². The van der Waals surface area contributed by atoms with E-state index < -0.39 is 17.5 Å². The lowest BCUT2D eigenvalue weighted by Gasteiger charge is -2.19. The first-order valence-electron chi connectivity index (χ1n) is 7.06. The zero-order valence-electron chi connectivity index (χ0n) is 13.3. The van der Waals surface area contributed by atoms with Crippen LogP contribution in [-0.4, -0.2) is 24.1 Å². The average molecular weight is 369 g/mol. The second-order valence-electron chi connectivity index (χ2n) is 5.71. The number of ether oxygens (including phenoxy) is 2. The molecular weight excluding hydrogens is 348 g/mol. The van der Waals surface area contributed by atoms with Gasteiger partial charge in [0.25, 0.3) is 0 Å². The maximum atomic E-state index is 12.0. The van der Waals surface area contributed by atoms with E-state index in [4.69, 9.17) is 9.47 Å². The van der Waals surface area contributed by atoms with E-state index in [0.29, 0.717) is 0 Å². The van der Waals surface area contributed by atoms with Crippen LogP contribution < -0.4 is 0 Å². The molecule has 0 aromatic heterocycles. The normalized spacial score (nSPS) is 12.0. The lowest BCUT2D eigenvalue weighted by molar-refractivity contribution is -0.155. The zero-order chi connectivity index (χ0) is 16.8. The number of benzene rings is 1. The van der Waals surface area contributed by atoms with Crippen LogP contribution in [0, 0.1) is 0 Å². The smallest absolute Gasteiger partial charge is 0.334 e. The first-order valence-corrected chi connectivity index (χ1v) is 7.85. The van der Waals surface area contributed by atoms with Crippen molar-refractivity contribution >= 4 is 33.9 Å². The summed E-state index contributed by atoms with van der Waals surface area (Å²) in [5, 5.41) is 0. The van der Waals surface area contributed by atoms with Gasteiger partial charge in [-0.15, -0.1) is 0 Å². The fraction of sp³-hybridized carbons (Fsp3) is 0.412. The quantitative estimate of drug-likeness (QED) is 0.579. The summed E-state index contributed by atoms with van der Waals surface area (Å²) >= 11 is 3.37. The number of hydrogen-bond acceptors (Lipinski definition) is 4. The van der Waals surface area contributed by atoms with Crippen molar-refractivity contribution in [1.82, 2.24) is 0 Å². The molecule has 0 radical (unpaired) electrons. The van der Waals surface area contributed by atoms with Crippen LogP contribution in [0.25, 0.3) is 6.08 Å². The third-order valence-electron chi connectivity index (χ3n) is 2.48. The molecule has 0 fully saturated rings. The number of carbonyl (C=O) groups is 2. The minimum atomic E-state index is -0.591. The van der Waals surface area contributed by atoms with Crippen LogP contribution >= 0.6 is 15.9 Å². The van der Waals surface area contributed by atoms with Gasteiger partial charge in [-0.25, -0.2) is 4.79 Å². The molecule has 120 valence electrons. The molecule has 4 nitrogen and oxygen atoms in total. The monoisotopic (exact) mass is 368 g/mol. The molecule has 0 amide bonds.